The quantitative estimate of drug-likeness (QED) is 0.574. The first kappa shape index (κ1) is 18.4. The highest BCUT2D eigenvalue weighted by atomic mass is 16.4. The van der Waals surface area contributed by atoms with E-state index in [0.29, 0.717) is 30.5 Å². The van der Waals surface area contributed by atoms with Gasteiger partial charge in [-0.2, -0.15) is 0 Å². The lowest BCUT2D eigenvalue weighted by Gasteiger charge is -2.49. The third kappa shape index (κ3) is 2.47. The predicted molar refractivity (Wildman–Crippen MR) is 103 cm³/mol. The highest BCUT2D eigenvalue weighted by Gasteiger charge is 2.64. The summed E-state index contributed by atoms with van der Waals surface area (Å²) >= 11 is 0. The number of amides is 3. The lowest BCUT2D eigenvalue weighted by atomic mass is 9.79. The average Bonchev–Trinajstić information content (AvgIpc) is 3.27. The van der Waals surface area contributed by atoms with Gasteiger partial charge in [-0.15, -0.1) is 0 Å². The van der Waals surface area contributed by atoms with Crippen molar-refractivity contribution >= 4 is 29.6 Å². The van der Waals surface area contributed by atoms with Crippen LogP contribution in [0, 0.1) is 5.92 Å². The van der Waals surface area contributed by atoms with Gasteiger partial charge < -0.3 is 15.1 Å². The Bertz CT molecular complexity index is 1050. The molecule has 3 saturated heterocycles. The van der Waals surface area contributed by atoms with Crippen LogP contribution in [0.25, 0.3) is 0 Å². The average molecular weight is 409 g/mol. The van der Waals surface area contributed by atoms with Crippen molar-refractivity contribution in [1.29, 1.82) is 0 Å². The van der Waals surface area contributed by atoms with E-state index in [9.17, 15) is 29.4 Å². The van der Waals surface area contributed by atoms with Gasteiger partial charge in [0, 0.05) is 30.3 Å². The maximum Gasteiger partial charge on any atom is 0.408 e. The van der Waals surface area contributed by atoms with E-state index >= 15 is 0 Å². The number of anilines is 1. The highest BCUT2D eigenvalue weighted by Crippen LogP contribution is 2.47. The van der Waals surface area contributed by atoms with Gasteiger partial charge in [0.2, 0.25) is 0 Å². The molecule has 30 heavy (non-hydrogen) atoms. The van der Waals surface area contributed by atoms with Crippen LogP contribution in [0.4, 0.5) is 10.5 Å². The second-order valence-corrected chi connectivity index (χ2v) is 7.93. The van der Waals surface area contributed by atoms with E-state index in [0.717, 1.165) is 10.6 Å². The van der Waals surface area contributed by atoms with Gasteiger partial charge in [-0.3, -0.25) is 19.4 Å². The molecule has 4 heterocycles. The molecule has 3 atom stereocenters. The van der Waals surface area contributed by atoms with Gasteiger partial charge in [0.05, 0.1) is 6.04 Å². The van der Waals surface area contributed by atoms with Crippen LogP contribution in [0.5, 0.6) is 0 Å². The zero-order chi connectivity index (χ0) is 21.2. The molecule has 0 bridgehead atoms. The summed E-state index contributed by atoms with van der Waals surface area (Å²) in [5, 5.41) is 19.2. The van der Waals surface area contributed by atoms with Crippen molar-refractivity contribution in [1.82, 2.24) is 9.80 Å². The number of likely N-dealkylation sites (tertiary alicyclic amines) is 1. The van der Waals surface area contributed by atoms with Gasteiger partial charge in [0.15, 0.2) is 0 Å². The predicted octanol–water partition coefficient (Wildman–Crippen LogP) is 1.28. The summed E-state index contributed by atoms with van der Waals surface area (Å²) in [6.07, 6.45) is 1.20. The molecule has 1 aromatic rings. The molecular weight excluding hydrogens is 390 g/mol. The van der Waals surface area contributed by atoms with Gasteiger partial charge in [-0.25, -0.2) is 9.59 Å². The summed E-state index contributed by atoms with van der Waals surface area (Å²) in [6.45, 7) is 0.671. The topological polar surface area (TPSA) is 118 Å². The molecule has 1 aromatic carbocycles. The number of para-hydroxylation sites is 1. The Kier molecular flexibility index (Phi) is 3.96. The zero-order valence-electron chi connectivity index (χ0n) is 15.9. The van der Waals surface area contributed by atoms with Gasteiger partial charge in [-0.05, 0) is 36.6 Å². The molecule has 0 saturated carbocycles. The minimum atomic E-state index is -1.24. The van der Waals surface area contributed by atoms with E-state index in [1.54, 1.807) is 11.0 Å². The van der Waals surface area contributed by atoms with Crippen molar-refractivity contribution in [3.05, 3.63) is 53.3 Å². The van der Waals surface area contributed by atoms with Crippen molar-refractivity contribution in [3.8, 4) is 0 Å². The molecule has 154 valence electrons. The standard InChI is InChI=1S/C21H19N3O6/c25-18-11(6-7-22(18)14-4-2-1-3-5-14)8-12-9-13-10-23(21(29)30)17-15(13)24(19(17)26)16(12)20(27)28/h1-5,8,13,15,17H,6-7,9-10H2,(H,27,28)(H,29,30)/b11-8+/t13-,15-,17+/m1/s1. The molecule has 0 unspecified atom stereocenters. The minimum Gasteiger partial charge on any atom is -0.477 e. The van der Waals surface area contributed by atoms with Crippen LogP contribution >= 0.6 is 0 Å². The third-order valence-electron chi connectivity index (χ3n) is 6.38. The molecule has 0 aliphatic carbocycles. The van der Waals surface area contributed by atoms with Crippen LogP contribution in [0.2, 0.25) is 0 Å². The third-order valence-corrected chi connectivity index (χ3v) is 6.38. The molecule has 9 nitrogen and oxygen atoms in total. The Labute approximate surface area is 171 Å². The minimum absolute atomic E-state index is 0.136. The molecule has 0 radical (unpaired) electrons. The van der Waals surface area contributed by atoms with Crippen LogP contribution in [0.1, 0.15) is 12.8 Å². The summed E-state index contributed by atoms with van der Waals surface area (Å²) in [6, 6.07) is 7.98. The number of carbonyl (C=O) groups is 4. The maximum atomic E-state index is 12.9. The number of carboxylic acids is 1. The summed E-state index contributed by atoms with van der Waals surface area (Å²) < 4.78 is 0. The largest absolute Gasteiger partial charge is 0.477 e. The van der Waals surface area contributed by atoms with E-state index in [-0.39, 0.29) is 24.1 Å². The SMILES string of the molecule is O=C(O)C1=C(/C=C2\CCN(c3ccccc3)C2=O)C[C@@H]2CN(C(=O)O)[C@@H]3C(=O)N1[C@H]23. The lowest BCUT2D eigenvalue weighted by molar-refractivity contribution is -0.156. The zero-order valence-corrected chi connectivity index (χ0v) is 15.9. The Hall–Kier alpha value is -3.62. The second-order valence-electron chi connectivity index (χ2n) is 7.93. The van der Waals surface area contributed by atoms with Gasteiger partial charge >= 0.3 is 12.1 Å². The molecule has 5 rings (SSSR count). The first-order valence-corrected chi connectivity index (χ1v) is 9.75. The van der Waals surface area contributed by atoms with Crippen molar-refractivity contribution < 1.29 is 29.4 Å². The molecule has 3 amide bonds. The molecule has 3 fully saturated rings. The molecule has 4 aliphatic rings. The van der Waals surface area contributed by atoms with Crippen LogP contribution < -0.4 is 4.90 Å². The fraction of sp³-hybridized carbons (Fsp3) is 0.333. The van der Waals surface area contributed by atoms with E-state index in [2.05, 4.69) is 0 Å². The van der Waals surface area contributed by atoms with Gasteiger partial charge in [0.25, 0.3) is 11.8 Å². The fourth-order valence-electron chi connectivity index (χ4n) is 5.11. The van der Waals surface area contributed by atoms with Crippen LogP contribution in [-0.2, 0) is 14.4 Å². The van der Waals surface area contributed by atoms with Crippen LogP contribution in [0.15, 0.2) is 53.3 Å². The molecule has 0 aromatic heterocycles. The Morgan fingerprint density at radius 2 is 1.83 bits per heavy atom. The number of allylic oxidation sites excluding steroid dienone is 2. The summed E-state index contributed by atoms with van der Waals surface area (Å²) in [5.41, 5.74) is 1.53. The molecule has 9 heteroatoms. The van der Waals surface area contributed by atoms with Gasteiger partial charge in [-0.1, -0.05) is 18.2 Å². The van der Waals surface area contributed by atoms with E-state index in [1.165, 1.54) is 4.90 Å². The van der Waals surface area contributed by atoms with Crippen molar-refractivity contribution in [2.75, 3.05) is 18.0 Å². The summed E-state index contributed by atoms with van der Waals surface area (Å²) in [5.74, 6) is -2.12. The number of nitrogens with zero attached hydrogens (tertiary/aromatic N) is 3. The number of carboxylic acid groups (broad SMARTS) is 2. The van der Waals surface area contributed by atoms with Crippen molar-refractivity contribution in [2.24, 2.45) is 5.92 Å². The number of hydrogen-bond donors (Lipinski definition) is 2. The summed E-state index contributed by atoms with van der Waals surface area (Å²) in [7, 11) is 0. The monoisotopic (exact) mass is 409 g/mol. The molecule has 2 N–H and O–H groups in total. The van der Waals surface area contributed by atoms with E-state index in [4.69, 9.17) is 0 Å². The number of aliphatic carboxylic acids is 1. The maximum absolute atomic E-state index is 12.9. The van der Waals surface area contributed by atoms with E-state index in [1.807, 2.05) is 30.3 Å². The number of benzene rings is 1. The van der Waals surface area contributed by atoms with Crippen LogP contribution in [0.3, 0.4) is 0 Å². The molecule has 4 aliphatic heterocycles. The number of β-lactam (4-membered cyclic amide) rings is 1. The highest BCUT2D eigenvalue weighted by molar-refractivity contribution is 6.09. The number of hydrogen-bond acceptors (Lipinski definition) is 4. The molecular formula is C21H19N3O6. The number of rotatable bonds is 3. The fourth-order valence-corrected chi connectivity index (χ4v) is 5.11. The Balaban J connectivity index is 1.49. The first-order valence-electron chi connectivity index (χ1n) is 9.75. The smallest absolute Gasteiger partial charge is 0.408 e. The van der Waals surface area contributed by atoms with E-state index < -0.39 is 30.1 Å². The summed E-state index contributed by atoms with van der Waals surface area (Å²) in [4.78, 5) is 52.9. The van der Waals surface area contributed by atoms with Gasteiger partial charge in [0.1, 0.15) is 11.7 Å². The second kappa shape index (κ2) is 6.45. The van der Waals surface area contributed by atoms with Crippen molar-refractivity contribution in [2.45, 2.75) is 24.9 Å². The molecule has 0 spiro atoms. The normalized spacial score (nSPS) is 28.9. The first-order chi connectivity index (χ1) is 14.4. The van der Waals surface area contributed by atoms with Crippen molar-refractivity contribution in [3.63, 3.8) is 0 Å². The number of carbonyl (C=O) groups excluding carboxylic acids is 2. The Morgan fingerprint density at radius 3 is 2.50 bits per heavy atom. The lowest BCUT2D eigenvalue weighted by Crippen LogP contribution is -2.69. The Morgan fingerprint density at radius 1 is 1.10 bits per heavy atom. The van der Waals surface area contributed by atoms with Crippen LogP contribution in [-0.4, -0.2) is 69.1 Å².